The third kappa shape index (κ3) is 4.02. The Morgan fingerprint density at radius 1 is 1.23 bits per heavy atom. The van der Waals surface area contributed by atoms with Gasteiger partial charge in [0, 0.05) is 18.7 Å². The van der Waals surface area contributed by atoms with Gasteiger partial charge in [0.05, 0.1) is 17.7 Å². The number of carbonyl (C=O) groups is 2. The third-order valence-electron chi connectivity index (χ3n) is 4.11. The number of nitrogens with zero attached hydrogens (tertiary/aromatic N) is 1. The van der Waals surface area contributed by atoms with Crippen LogP contribution < -0.4 is 15.0 Å². The molecule has 0 bridgehead atoms. The van der Waals surface area contributed by atoms with E-state index in [1.165, 1.54) is 18.2 Å². The predicted octanol–water partition coefficient (Wildman–Crippen LogP) is 3.60. The molecule has 0 aliphatic carbocycles. The Morgan fingerprint density at radius 2 is 2.00 bits per heavy atom. The zero-order valence-corrected chi connectivity index (χ0v) is 14.7. The number of ether oxygens (including phenoxy) is 1. The van der Waals surface area contributed by atoms with Gasteiger partial charge in [-0.1, -0.05) is 18.2 Å². The second-order valence-corrected chi connectivity index (χ2v) is 6.54. The van der Waals surface area contributed by atoms with E-state index in [1.54, 1.807) is 11.0 Å². The number of anilines is 2. The Labute approximate surface area is 151 Å². The summed E-state index contributed by atoms with van der Waals surface area (Å²) in [7, 11) is 0. The monoisotopic (exact) mass is 356 g/mol. The minimum absolute atomic E-state index is 0.0269. The second kappa shape index (κ2) is 7.56. The summed E-state index contributed by atoms with van der Waals surface area (Å²) in [4.78, 5) is 26.5. The molecule has 1 saturated heterocycles. The van der Waals surface area contributed by atoms with E-state index in [1.807, 2.05) is 38.1 Å². The average molecular weight is 356 g/mol. The van der Waals surface area contributed by atoms with Crippen molar-refractivity contribution in [2.75, 3.05) is 16.8 Å². The van der Waals surface area contributed by atoms with Crippen LogP contribution >= 0.6 is 0 Å². The van der Waals surface area contributed by atoms with Crippen LogP contribution in [0.3, 0.4) is 0 Å². The first-order valence-electron chi connectivity index (χ1n) is 8.56. The standard InChI is InChI=1S/C20H21FN2O3/c1-13(2)26-18-9-4-3-8-17(18)23-12-14(10-19(23)24)20(25)22-16-7-5-6-15(21)11-16/h3-9,11,13-14H,10,12H2,1-2H3,(H,22,25). The number of rotatable bonds is 5. The Balaban J connectivity index is 1.74. The Bertz CT molecular complexity index is 822. The topological polar surface area (TPSA) is 58.6 Å². The summed E-state index contributed by atoms with van der Waals surface area (Å²) in [6, 6.07) is 13.0. The van der Waals surface area contributed by atoms with Gasteiger partial charge in [-0.3, -0.25) is 9.59 Å². The van der Waals surface area contributed by atoms with E-state index in [0.717, 1.165) is 0 Å². The summed E-state index contributed by atoms with van der Waals surface area (Å²) < 4.78 is 19.0. The van der Waals surface area contributed by atoms with Gasteiger partial charge in [0.1, 0.15) is 11.6 Å². The fraction of sp³-hybridized carbons (Fsp3) is 0.300. The van der Waals surface area contributed by atoms with Crippen LogP contribution in [-0.4, -0.2) is 24.5 Å². The summed E-state index contributed by atoms with van der Waals surface area (Å²) in [6.45, 7) is 4.09. The number of benzene rings is 2. The molecular formula is C20H21FN2O3. The van der Waals surface area contributed by atoms with Crippen molar-refractivity contribution in [2.24, 2.45) is 5.92 Å². The summed E-state index contributed by atoms with van der Waals surface area (Å²) >= 11 is 0. The summed E-state index contributed by atoms with van der Waals surface area (Å²) in [6.07, 6.45) is 0.0814. The van der Waals surface area contributed by atoms with Crippen LogP contribution in [0, 0.1) is 11.7 Å². The minimum atomic E-state index is -0.502. The molecule has 1 aliphatic rings. The molecule has 0 spiro atoms. The molecule has 1 aliphatic heterocycles. The molecule has 0 saturated carbocycles. The molecule has 6 heteroatoms. The molecule has 3 rings (SSSR count). The summed E-state index contributed by atoms with van der Waals surface area (Å²) in [5.74, 6) is -0.746. The maximum Gasteiger partial charge on any atom is 0.229 e. The highest BCUT2D eigenvalue weighted by Crippen LogP contribution is 2.34. The molecule has 2 amide bonds. The first kappa shape index (κ1) is 17.9. The molecule has 0 aromatic heterocycles. The molecule has 136 valence electrons. The molecule has 1 heterocycles. The highest BCUT2D eigenvalue weighted by atomic mass is 19.1. The number of para-hydroxylation sites is 2. The van der Waals surface area contributed by atoms with Gasteiger partial charge >= 0.3 is 0 Å². The van der Waals surface area contributed by atoms with Gasteiger partial charge in [-0.2, -0.15) is 0 Å². The Kier molecular flexibility index (Phi) is 5.21. The normalized spacial score (nSPS) is 16.8. The lowest BCUT2D eigenvalue weighted by Crippen LogP contribution is -2.28. The second-order valence-electron chi connectivity index (χ2n) is 6.54. The molecule has 1 unspecified atom stereocenters. The van der Waals surface area contributed by atoms with Crippen LogP contribution in [0.4, 0.5) is 15.8 Å². The van der Waals surface area contributed by atoms with E-state index >= 15 is 0 Å². The van der Waals surface area contributed by atoms with Crippen molar-refractivity contribution in [3.8, 4) is 5.75 Å². The van der Waals surface area contributed by atoms with Gasteiger partial charge in [-0.15, -0.1) is 0 Å². The van der Waals surface area contributed by atoms with Crippen LogP contribution in [0.15, 0.2) is 48.5 Å². The molecule has 2 aromatic rings. The zero-order chi connectivity index (χ0) is 18.7. The van der Waals surface area contributed by atoms with Gasteiger partial charge in [0.15, 0.2) is 0 Å². The van der Waals surface area contributed by atoms with Gasteiger partial charge in [0.25, 0.3) is 0 Å². The fourth-order valence-corrected chi connectivity index (χ4v) is 2.96. The lowest BCUT2D eigenvalue weighted by Gasteiger charge is -2.21. The fourth-order valence-electron chi connectivity index (χ4n) is 2.96. The number of amides is 2. The van der Waals surface area contributed by atoms with Crippen molar-refractivity contribution in [2.45, 2.75) is 26.4 Å². The molecule has 1 N–H and O–H groups in total. The zero-order valence-electron chi connectivity index (χ0n) is 14.7. The molecule has 26 heavy (non-hydrogen) atoms. The highest BCUT2D eigenvalue weighted by Gasteiger charge is 2.36. The van der Waals surface area contributed by atoms with Crippen LogP contribution in [0.1, 0.15) is 20.3 Å². The van der Waals surface area contributed by atoms with Crippen LogP contribution in [0.2, 0.25) is 0 Å². The predicted molar refractivity (Wildman–Crippen MR) is 97.7 cm³/mol. The van der Waals surface area contributed by atoms with Crippen molar-refractivity contribution in [1.82, 2.24) is 0 Å². The van der Waals surface area contributed by atoms with E-state index < -0.39 is 11.7 Å². The number of hydrogen-bond donors (Lipinski definition) is 1. The summed E-state index contributed by atoms with van der Waals surface area (Å²) in [5.41, 5.74) is 1.04. The minimum Gasteiger partial charge on any atom is -0.489 e. The molecular weight excluding hydrogens is 335 g/mol. The lowest BCUT2D eigenvalue weighted by molar-refractivity contribution is -0.122. The first-order chi connectivity index (χ1) is 12.4. The highest BCUT2D eigenvalue weighted by molar-refractivity contribution is 6.04. The van der Waals surface area contributed by atoms with E-state index in [9.17, 15) is 14.0 Å². The molecule has 0 radical (unpaired) electrons. The van der Waals surface area contributed by atoms with E-state index in [2.05, 4.69) is 5.32 Å². The van der Waals surface area contributed by atoms with E-state index in [0.29, 0.717) is 17.1 Å². The molecule has 5 nitrogen and oxygen atoms in total. The largest absolute Gasteiger partial charge is 0.489 e. The Hall–Kier alpha value is -2.89. The summed E-state index contributed by atoms with van der Waals surface area (Å²) in [5, 5.41) is 2.68. The maximum absolute atomic E-state index is 13.3. The van der Waals surface area contributed by atoms with Gasteiger partial charge < -0.3 is 15.0 Å². The molecule has 1 fully saturated rings. The van der Waals surface area contributed by atoms with Crippen LogP contribution in [0.5, 0.6) is 5.75 Å². The van der Waals surface area contributed by atoms with Crippen LogP contribution in [0.25, 0.3) is 0 Å². The van der Waals surface area contributed by atoms with Crippen molar-refractivity contribution >= 4 is 23.2 Å². The third-order valence-corrected chi connectivity index (χ3v) is 4.11. The van der Waals surface area contributed by atoms with Gasteiger partial charge in [-0.05, 0) is 44.2 Å². The number of nitrogens with one attached hydrogen (secondary N) is 1. The van der Waals surface area contributed by atoms with Crippen molar-refractivity contribution in [3.63, 3.8) is 0 Å². The number of halogens is 1. The number of carbonyl (C=O) groups excluding carboxylic acids is 2. The van der Waals surface area contributed by atoms with Crippen LogP contribution in [-0.2, 0) is 9.59 Å². The SMILES string of the molecule is CC(C)Oc1ccccc1N1CC(C(=O)Nc2cccc(F)c2)CC1=O. The quantitative estimate of drug-likeness (QED) is 0.890. The van der Waals surface area contributed by atoms with Crippen molar-refractivity contribution in [3.05, 3.63) is 54.3 Å². The van der Waals surface area contributed by atoms with Crippen molar-refractivity contribution < 1.29 is 18.7 Å². The van der Waals surface area contributed by atoms with Gasteiger partial charge in [-0.25, -0.2) is 4.39 Å². The smallest absolute Gasteiger partial charge is 0.229 e. The average Bonchev–Trinajstić information content (AvgIpc) is 2.97. The van der Waals surface area contributed by atoms with Gasteiger partial charge in [0.2, 0.25) is 11.8 Å². The lowest BCUT2D eigenvalue weighted by atomic mass is 10.1. The Morgan fingerprint density at radius 3 is 2.73 bits per heavy atom. The van der Waals surface area contributed by atoms with E-state index in [-0.39, 0.29) is 30.9 Å². The first-order valence-corrected chi connectivity index (χ1v) is 8.56. The number of hydrogen-bond acceptors (Lipinski definition) is 3. The molecule has 2 aromatic carbocycles. The molecule has 1 atom stereocenters. The van der Waals surface area contributed by atoms with E-state index in [4.69, 9.17) is 4.74 Å². The maximum atomic E-state index is 13.3. The van der Waals surface area contributed by atoms with Crippen molar-refractivity contribution in [1.29, 1.82) is 0 Å².